The van der Waals surface area contributed by atoms with Gasteiger partial charge in [0, 0.05) is 12.1 Å². The lowest BCUT2D eigenvalue weighted by atomic mass is 10.1. The van der Waals surface area contributed by atoms with Crippen molar-refractivity contribution in [2.45, 2.75) is 25.7 Å². The molecule has 0 spiro atoms. The number of fused-ring (bicyclic) bond motifs is 1. The average molecular weight is 465 g/mol. The van der Waals surface area contributed by atoms with Gasteiger partial charge >= 0.3 is 11.9 Å². The second-order valence-corrected chi connectivity index (χ2v) is 7.58. The molecule has 3 aromatic rings. The molecule has 0 saturated heterocycles. The molecule has 7 heteroatoms. The van der Waals surface area contributed by atoms with Gasteiger partial charge in [-0.25, -0.2) is 9.59 Å². The van der Waals surface area contributed by atoms with Crippen molar-refractivity contribution < 1.29 is 33.6 Å². The Hall–Kier alpha value is -4.00. The number of rotatable bonds is 12. The molecular weight excluding hydrogens is 436 g/mol. The molecule has 0 aliphatic carbocycles. The van der Waals surface area contributed by atoms with E-state index in [4.69, 9.17) is 18.9 Å². The summed E-state index contributed by atoms with van der Waals surface area (Å²) < 4.78 is 21.2. The Morgan fingerprint density at radius 3 is 2.35 bits per heavy atom. The smallest absolute Gasteiger partial charge is 0.343 e. The molecule has 0 unspecified atom stereocenters. The SMILES string of the molecule is C=CC(=O)OCCCCCCOc1ccc2cc(C(=O)Oc3ccc(O)c(OC)c3)ccc2c1. The maximum atomic E-state index is 12.5. The Balaban J connectivity index is 1.49. The van der Waals surface area contributed by atoms with Crippen molar-refractivity contribution in [3.63, 3.8) is 0 Å². The topological polar surface area (TPSA) is 91.3 Å². The highest BCUT2D eigenvalue weighted by atomic mass is 16.5. The first-order chi connectivity index (χ1) is 16.5. The first-order valence-electron chi connectivity index (χ1n) is 11.0. The number of ether oxygens (including phenoxy) is 4. The van der Waals surface area contributed by atoms with E-state index in [9.17, 15) is 14.7 Å². The van der Waals surface area contributed by atoms with E-state index in [1.54, 1.807) is 12.1 Å². The number of phenols is 1. The fourth-order valence-electron chi connectivity index (χ4n) is 3.31. The third kappa shape index (κ3) is 7.00. The lowest BCUT2D eigenvalue weighted by Gasteiger charge is -2.09. The monoisotopic (exact) mass is 464 g/mol. The van der Waals surface area contributed by atoms with Crippen LogP contribution in [-0.2, 0) is 9.53 Å². The second-order valence-electron chi connectivity index (χ2n) is 7.58. The fourth-order valence-corrected chi connectivity index (χ4v) is 3.31. The molecule has 7 nitrogen and oxygen atoms in total. The molecule has 0 saturated carbocycles. The number of phenolic OH excluding ortho intramolecular Hbond substituents is 1. The zero-order valence-corrected chi connectivity index (χ0v) is 19.1. The lowest BCUT2D eigenvalue weighted by molar-refractivity contribution is -0.137. The summed E-state index contributed by atoms with van der Waals surface area (Å²) in [5, 5.41) is 11.5. The number of hydrogen-bond donors (Lipinski definition) is 1. The van der Waals surface area contributed by atoms with Gasteiger partial charge in [0.15, 0.2) is 11.5 Å². The van der Waals surface area contributed by atoms with Crippen LogP contribution in [0.25, 0.3) is 10.8 Å². The molecule has 178 valence electrons. The van der Waals surface area contributed by atoms with Crippen molar-refractivity contribution in [2.24, 2.45) is 0 Å². The largest absolute Gasteiger partial charge is 0.504 e. The van der Waals surface area contributed by atoms with Crippen LogP contribution in [0.2, 0.25) is 0 Å². The van der Waals surface area contributed by atoms with Crippen LogP contribution in [0, 0.1) is 0 Å². The molecule has 3 aromatic carbocycles. The van der Waals surface area contributed by atoms with E-state index in [0.717, 1.165) is 42.2 Å². The molecule has 0 aliphatic rings. The molecule has 0 radical (unpaired) electrons. The van der Waals surface area contributed by atoms with Crippen molar-refractivity contribution in [2.75, 3.05) is 20.3 Å². The number of carbonyl (C=O) groups is 2. The van der Waals surface area contributed by atoms with Gasteiger partial charge in [0.2, 0.25) is 0 Å². The van der Waals surface area contributed by atoms with Gasteiger partial charge in [-0.2, -0.15) is 0 Å². The molecule has 0 heterocycles. The lowest BCUT2D eigenvalue weighted by Crippen LogP contribution is -2.08. The Morgan fingerprint density at radius 2 is 1.59 bits per heavy atom. The van der Waals surface area contributed by atoms with Gasteiger partial charge in [0.1, 0.15) is 11.5 Å². The van der Waals surface area contributed by atoms with Crippen LogP contribution in [0.5, 0.6) is 23.0 Å². The first-order valence-corrected chi connectivity index (χ1v) is 11.0. The summed E-state index contributed by atoms with van der Waals surface area (Å²) in [6.07, 6.45) is 4.83. The molecule has 34 heavy (non-hydrogen) atoms. The Bertz CT molecular complexity index is 1150. The molecular formula is C27H28O7. The summed E-state index contributed by atoms with van der Waals surface area (Å²) in [7, 11) is 1.43. The number of methoxy groups -OCH3 is 1. The van der Waals surface area contributed by atoms with Crippen molar-refractivity contribution in [1.29, 1.82) is 0 Å². The zero-order chi connectivity index (χ0) is 24.3. The molecule has 0 amide bonds. The van der Waals surface area contributed by atoms with Gasteiger partial charge < -0.3 is 24.1 Å². The van der Waals surface area contributed by atoms with Gasteiger partial charge in [0.05, 0.1) is 25.9 Å². The van der Waals surface area contributed by atoms with Crippen LogP contribution in [0.4, 0.5) is 0 Å². The van der Waals surface area contributed by atoms with Gasteiger partial charge in [-0.15, -0.1) is 0 Å². The first kappa shape index (κ1) is 24.6. The minimum atomic E-state index is -0.505. The Labute approximate surface area is 198 Å². The third-order valence-electron chi connectivity index (χ3n) is 5.13. The van der Waals surface area contributed by atoms with Gasteiger partial charge in [-0.1, -0.05) is 18.7 Å². The molecule has 0 atom stereocenters. The zero-order valence-electron chi connectivity index (χ0n) is 19.1. The minimum Gasteiger partial charge on any atom is -0.504 e. The van der Waals surface area contributed by atoms with E-state index in [1.807, 2.05) is 24.3 Å². The molecule has 0 aromatic heterocycles. The van der Waals surface area contributed by atoms with E-state index in [2.05, 4.69) is 6.58 Å². The van der Waals surface area contributed by atoms with Crippen LogP contribution in [0.3, 0.4) is 0 Å². The van der Waals surface area contributed by atoms with E-state index in [1.165, 1.54) is 31.4 Å². The van der Waals surface area contributed by atoms with E-state index in [0.29, 0.717) is 18.8 Å². The van der Waals surface area contributed by atoms with Crippen LogP contribution in [0.15, 0.2) is 67.3 Å². The molecule has 0 bridgehead atoms. The summed E-state index contributed by atoms with van der Waals surface area (Å²) in [6, 6.07) is 15.4. The summed E-state index contributed by atoms with van der Waals surface area (Å²) in [4.78, 5) is 23.5. The summed E-state index contributed by atoms with van der Waals surface area (Å²) >= 11 is 0. The molecule has 1 N–H and O–H groups in total. The molecule has 3 rings (SSSR count). The number of aromatic hydroxyl groups is 1. The van der Waals surface area contributed by atoms with Crippen molar-refractivity contribution in [3.05, 3.63) is 72.8 Å². The second kappa shape index (κ2) is 12.3. The number of hydrogen-bond acceptors (Lipinski definition) is 7. The minimum absolute atomic E-state index is 0.0300. The highest BCUT2D eigenvalue weighted by molar-refractivity contribution is 5.96. The van der Waals surface area contributed by atoms with Crippen molar-refractivity contribution in [3.8, 4) is 23.0 Å². The fraction of sp³-hybridized carbons (Fsp3) is 0.259. The predicted molar refractivity (Wildman–Crippen MR) is 129 cm³/mol. The normalized spacial score (nSPS) is 10.5. The quantitative estimate of drug-likeness (QED) is 0.165. The van der Waals surface area contributed by atoms with Crippen LogP contribution in [-0.4, -0.2) is 37.4 Å². The van der Waals surface area contributed by atoms with Crippen molar-refractivity contribution in [1.82, 2.24) is 0 Å². The standard InChI is InChI=1S/C27H28O7/c1-3-26(29)33-15-7-5-4-6-14-32-22-11-10-19-16-21(9-8-20(19)17-22)27(30)34-23-12-13-24(28)25(18-23)31-2/h3,8-13,16-18,28H,1,4-7,14-15H2,2H3. The highest BCUT2D eigenvalue weighted by Gasteiger charge is 2.12. The van der Waals surface area contributed by atoms with Gasteiger partial charge in [0.25, 0.3) is 0 Å². The number of benzene rings is 3. The third-order valence-corrected chi connectivity index (χ3v) is 5.13. The highest BCUT2D eigenvalue weighted by Crippen LogP contribution is 2.30. The van der Waals surface area contributed by atoms with Crippen molar-refractivity contribution >= 4 is 22.7 Å². The number of carbonyl (C=O) groups excluding carboxylic acids is 2. The predicted octanol–water partition coefficient (Wildman–Crippen LogP) is 5.44. The van der Waals surface area contributed by atoms with Crippen LogP contribution in [0.1, 0.15) is 36.0 Å². The summed E-state index contributed by atoms with van der Waals surface area (Å²) in [5.74, 6) is 0.346. The molecule has 0 aliphatic heterocycles. The number of unbranched alkanes of at least 4 members (excludes halogenated alkanes) is 3. The van der Waals surface area contributed by atoms with E-state index >= 15 is 0 Å². The summed E-state index contributed by atoms with van der Waals surface area (Å²) in [5.41, 5.74) is 0.409. The van der Waals surface area contributed by atoms with Gasteiger partial charge in [-0.05, 0) is 72.9 Å². The van der Waals surface area contributed by atoms with Crippen LogP contribution < -0.4 is 14.2 Å². The maximum Gasteiger partial charge on any atom is 0.343 e. The number of esters is 2. The average Bonchev–Trinajstić information content (AvgIpc) is 2.86. The van der Waals surface area contributed by atoms with Gasteiger partial charge in [-0.3, -0.25) is 0 Å². The van der Waals surface area contributed by atoms with Crippen LogP contribution >= 0.6 is 0 Å². The summed E-state index contributed by atoms with van der Waals surface area (Å²) in [6.45, 7) is 4.37. The molecule has 0 fully saturated rings. The Kier molecular flexibility index (Phi) is 8.91. The van der Waals surface area contributed by atoms with E-state index in [-0.39, 0.29) is 23.2 Å². The maximum absolute atomic E-state index is 12.5. The van der Waals surface area contributed by atoms with E-state index < -0.39 is 5.97 Å². The Morgan fingerprint density at radius 1 is 0.882 bits per heavy atom.